The van der Waals surface area contributed by atoms with E-state index in [-0.39, 0.29) is 18.2 Å². The summed E-state index contributed by atoms with van der Waals surface area (Å²) >= 11 is 0. The Labute approximate surface area is 106 Å². The highest BCUT2D eigenvalue weighted by Gasteiger charge is 2.39. The van der Waals surface area contributed by atoms with Gasteiger partial charge in [-0.3, -0.25) is 9.59 Å². The maximum Gasteiger partial charge on any atom is 0.305 e. The topological polar surface area (TPSA) is 66.4 Å². The average Bonchev–Trinajstić information content (AvgIpc) is 3.06. The second kappa shape index (κ2) is 5.21. The molecule has 0 aromatic heterocycles. The fraction of sp³-hybridized carbons (Fsp3) is 0.429. The molecule has 1 fully saturated rings. The molecular formula is C14H17NO3. The Morgan fingerprint density at radius 1 is 1.39 bits per heavy atom. The van der Waals surface area contributed by atoms with Crippen LogP contribution in [0, 0.1) is 11.8 Å². The molecule has 4 nitrogen and oxygen atoms in total. The van der Waals surface area contributed by atoms with Gasteiger partial charge in [0.1, 0.15) is 0 Å². The van der Waals surface area contributed by atoms with E-state index in [2.05, 4.69) is 5.32 Å². The van der Waals surface area contributed by atoms with Crippen molar-refractivity contribution in [2.45, 2.75) is 25.8 Å². The third-order valence-corrected chi connectivity index (χ3v) is 3.34. The lowest BCUT2D eigenvalue weighted by Crippen LogP contribution is -2.31. The number of rotatable bonds is 5. The molecule has 1 aliphatic rings. The van der Waals surface area contributed by atoms with Gasteiger partial charge in [0, 0.05) is 5.92 Å². The van der Waals surface area contributed by atoms with Crippen molar-refractivity contribution in [2.75, 3.05) is 0 Å². The highest BCUT2D eigenvalue weighted by molar-refractivity contribution is 5.82. The maximum atomic E-state index is 11.9. The van der Waals surface area contributed by atoms with Crippen LogP contribution in [-0.2, 0) is 9.59 Å². The summed E-state index contributed by atoms with van der Waals surface area (Å²) in [6.07, 6.45) is 0.817. The molecule has 0 spiro atoms. The Balaban J connectivity index is 2.05. The first-order chi connectivity index (χ1) is 8.58. The molecule has 0 saturated heterocycles. The van der Waals surface area contributed by atoms with Crippen LogP contribution in [0.2, 0.25) is 0 Å². The van der Waals surface area contributed by atoms with Crippen molar-refractivity contribution in [2.24, 2.45) is 11.8 Å². The number of nitrogens with one attached hydrogen (secondary N) is 1. The number of carboxylic acid groups (broad SMARTS) is 1. The van der Waals surface area contributed by atoms with Gasteiger partial charge in [0.2, 0.25) is 5.91 Å². The van der Waals surface area contributed by atoms with Crippen molar-refractivity contribution in [3.05, 3.63) is 35.9 Å². The van der Waals surface area contributed by atoms with Crippen molar-refractivity contribution in [1.82, 2.24) is 5.32 Å². The van der Waals surface area contributed by atoms with E-state index in [1.807, 2.05) is 37.3 Å². The van der Waals surface area contributed by atoms with E-state index < -0.39 is 12.0 Å². The molecule has 2 rings (SSSR count). The molecule has 1 aromatic carbocycles. The van der Waals surface area contributed by atoms with Gasteiger partial charge in [-0.25, -0.2) is 0 Å². The second-order valence-electron chi connectivity index (χ2n) is 4.89. The molecule has 0 bridgehead atoms. The Bertz CT molecular complexity index is 444. The van der Waals surface area contributed by atoms with Gasteiger partial charge in [-0.1, -0.05) is 37.3 Å². The number of carbonyl (C=O) groups is 2. The van der Waals surface area contributed by atoms with Gasteiger partial charge in [-0.15, -0.1) is 0 Å². The van der Waals surface area contributed by atoms with Crippen LogP contribution in [0.4, 0.5) is 0 Å². The molecule has 18 heavy (non-hydrogen) atoms. The molecule has 1 saturated carbocycles. The van der Waals surface area contributed by atoms with E-state index in [9.17, 15) is 9.59 Å². The maximum absolute atomic E-state index is 11.9. The van der Waals surface area contributed by atoms with E-state index in [1.165, 1.54) is 0 Å². The van der Waals surface area contributed by atoms with Gasteiger partial charge in [0.15, 0.2) is 0 Å². The first kappa shape index (κ1) is 12.6. The van der Waals surface area contributed by atoms with Gasteiger partial charge in [0.25, 0.3) is 0 Å². The molecule has 4 heteroatoms. The minimum Gasteiger partial charge on any atom is -0.481 e. The highest BCUT2D eigenvalue weighted by Crippen LogP contribution is 2.38. The normalized spacial score (nSPS) is 23.2. The van der Waals surface area contributed by atoms with Crippen molar-refractivity contribution < 1.29 is 14.7 Å². The van der Waals surface area contributed by atoms with E-state index in [4.69, 9.17) is 5.11 Å². The summed E-state index contributed by atoms with van der Waals surface area (Å²) < 4.78 is 0. The first-order valence-corrected chi connectivity index (χ1v) is 6.15. The van der Waals surface area contributed by atoms with Crippen LogP contribution in [0.3, 0.4) is 0 Å². The summed E-state index contributed by atoms with van der Waals surface area (Å²) in [4.78, 5) is 22.7. The Morgan fingerprint density at radius 2 is 2.00 bits per heavy atom. The van der Waals surface area contributed by atoms with Gasteiger partial charge in [0.05, 0.1) is 12.5 Å². The number of amides is 1. The van der Waals surface area contributed by atoms with Gasteiger partial charge in [-0.05, 0) is 17.9 Å². The average molecular weight is 247 g/mol. The van der Waals surface area contributed by atoms with E-state index >= 15 is 0 Å². The Kier molecular flexibility index (Phi) is 3.65. The van der Waals surface area contributed by atoms with Gasteiger partial charge >= 0.3 is 5.97 Å². The lowest BCUT2D eigenvalue weighted by Gasteiger charge is -2.17. The zero-order valence-electron chi connectivity index (χ0n) is 10.3. The van der Waals surface area contributed by atoms with Crippen LogP contribution >= 0.6 is 0 Å². The first-order valence-electron chi connectivity index (χ1n) is 6.15. The molecule has 0 unspecified atom stereocenters. The van der Waals surface area contributed by atoms with Crippen LogP contribution in [0.1, 0.15) is 31.4 Å². The Hall–Kier alpha value is -1.84. The molecular weight excluding hydrogens is 230 g/mol. The van der Waals surface area contributed by atoms with Crippen LogP contribution < -0.4 is 5.32 Å². The van der Waals surface area contributed by atoms with Crippen LogP contribution in [0.25, 0.3) is 0 Å². The lowest BCUT2D eigenvalue weighted by molar-refractivity contribution is -0.137. The Morgan fingerprint density at radius 3 is 2.50 bits per heavy atom. The molecule has 0 aliphatic heterocycles. The second-order valence-corrected chi connectivity index (χ2v) is 4.89. The number of hydrogen-bond acceptors (Lipinski definition) is 2. The zero-order valence-corrected chi connectivity index (χ0v) is 10.3. The predicted octanol–water partition coefficient (Wildman–Crippen LogP) is 1.97. The van der Waals surface area contributed by atoms with Crippen LogP contribution in [0.5, 0.6) is 0 Å². The third kappa shape index (κ3) is 3.09. The van der Waals surface area contributed by atoms with E-state index in [1.54, 1.807) is 0 Å². The molecule has 1 aromatic rings. The SMILES string of the molecule is C[C@@H]1C[C@H]1C(=O)N[C@H](CC(=O)O)c1ccccc1. The number of carbonyl (C=O) groups excluding carboxylic acids is 1. The largest absolute Gasteiger partial charge is 0.481 e. The highest BCUT2D eigenvalue weighted by atomic mass is 16.4. The van der Waals surface area contributed by atoms with Crippen molar-refractivity contribution in [1.29, 1.82) is 0 Å². The van der Waals surface area contributed by atoms with Crippen molar-refractivity contribution in [3.8, 4) is 0 Å². The van der Waals surface area contributed by atoms with E-state index in [0.29, 0.717) is 5.92 Å². The van der Waals surface area contributed by atoms with Gasteiger partial charge in [-0.2, -0.15) is 0 Å². The standard InChI is InChI=1S/C14H17NO3/c1-9-7-11(9)14(18)15-12(8-13(16)17)10-5-3-2-4-6-10/h2-6,9,11-12H,7-8H2,1H3,(H,15,18)(H,16,17)/t9-,11-,12-/m1/s1. The number of aliphatic carboxylic acids is 1. The van der Waals surface area contributed by atoms with Crippen LogP contribution in [0.15, 0.2) is 30.3 Å². The minimum atomic E-state index is -0.909. The summed E-state index contributed by atoms with van der Waals surface area (Å²) in [5, 5.41) is 11.8. The monoisotopic (exact) mass is 247 g/mol. The quantitative estimate of drug-likeness (QED) is 0.836. The molecule has 1 amide bonds. The summed E-state index contributed by atoms with van der Waals surface area (Å²) in [5.41, 5.74) is 0.835. The van der Waals surface area contributed by atoms with Gasteiger partial charge < -0.3 is 10.4 Å². The summed E-state index contributed by atoms with van der Waals surface area (Å²) in [6, 6.07) is 8.79. The summed E-state index contributed by atoms with van der Waals surface area (Å²) in [6.45, 7) is 2.03. The fourth-order valence-electron chi connectivity index (χ4n) is 2.08. The van der Waals surface area contributed by atoms with Crippen molar-refractivity contribution >= 4 is 11.9 Å². The predicted molar refractivity (Wildman–Crippen MR) is 66.8 cm³/mol. The molecule has 3 atom stereocenters. The smallest absolute Gasteiger partial charge is 0.305 e. The number of hydrogen-bond donors (Lipinski definition) is 2. The molecule has 0 heterocycles. The summed E-state index contributed by atoms with van der Waals surface area (Å²) in [7, 11) is 0. The molecule has 2 N–H and O–H groups in total. The minimum absolute atomic E-state index is 0.0300. The number of benzene rings is 1. The molecule has 1 aliphatic carbocycles. The van der Waals surface area contributed by atoms with Crippen LogP contribution in [-0.4, -0.2) is 17.0 Å². The third-order valence-electron chi connectivity index (χ3n) is 3.34. The number of carboxylic acids is 1. The fourth-order valence-corrected chi connectivity index (χ4v) is 2.08. The lowest BCUT2D eigenvalue weighted by atomic mass is 10.0. The zero-order chi connectivity index (χ0) is 13.1. The van der Waals surface area contributed by atoms with Crippen molar-refractivity contribution in [3.63, 3.8) is 0 Å². The molecule has 96 valence electrons. The molecule has 0 radical (unpaired) electrons. The summed E-state index contributed by atoms with van der Waals surface area (Å²) in [5.74, 6) is -0.457. The van der Waals surface area contributed by atoms with E-state index in [0.717, 1.165) is 12.0 Å².